The summed E-state index contributed by atoms with van der Waals surface area (Å²) in [5.74, 6) is 2.47. The molecule has 6 aromatic rings. The van der Waals surface area contributed by atoms with Crippen molar-refractivity contribution >= 4 is 33.2 Å². The summed E-state index contributed by atoms with van der Waals surface area (Å²) in [5.41, 5.74) is 9.60. The summed E-state index contributed by atoms with van der Waals surface area (Å²) < 4.78 is 8.94. The van der Waals surface area contributed by atoms with Crippen LogP contribution in [-0.4, -0.2) is 20.6 Å². The molecule has 5 nitrogen and oxygen atoms in total. The average molecular weight is 699 g/mol. The first kappa shape index (κ1) is 34.5. The molecule has 268 valence electrons. The van der Waals surface area contributed by atoms with Gasteiger partial charge < -0.3 is 14.5 Å². The van der Waals surface area contributed by atoms with Crippen molar-refractivity contribution in [3.05, 3.63) is 156 Å². The molecule has 2 aliphatic heterocycles. The molecular formula is C48H50N4O. The Bertz CT molecular complexity index is 2430. The Morgan fingerprint density at radius 3 is 2.02 bits per heavy atom. The summed E-state index contributed by atoms with van der Waals surface area (Å²) in [6, 6.07) is 34.8. The molecule has 0 saturated carbocycles. The monoisotopic (exact) mass is 698 g/mol. The molecule has 4 aromatic carbocycles. The zero-order chi connectivity index (χ0) is 37.3. The van der Waals surface area contributed by atoms with Crippen molar-refractivity contribution in [3.63, 3.8) is 0 Å². The zero-order valence-corrected chi connectivity index (χ0v) is 32.5. The molecule has 0 N–H and O–H groups in total. The van der Waals surface area contributed by atoms with E-state index < -0.39 is 0 Å². The second kappa shape index (κ2) is 12.5. The van der Waals surface area contributed by atoms with Crippen molar-refractivity contribution in [3.8, 4) is 17.3 Å². The maximum absolute atomic E-state index is 6.68. The lowest BCUT2D eigenvalue weighted by atomic mass is 9.80. The molecule has 0 spiro atoms. The molecule has 0 amide bonds. The van der Waals surface area contributed by atoms with Crippen LogP contribution in [0.4, 0.5) is 5.69 Å². The van der Waals surface area contributed by atoms with Crippen LogP contribution in [0.1, 0.15) is 84.6 Å². The van der Waals surface area contributed by atoms with Crippen molar-refractivity contribution < 1.29 is 4.74 Å². The molecule has 1 unspecified atom stereocenters. The van der Waals surface area contributed by atoms with Crippen LogP contribution < -0.4 is 9.64 Å². The maximum atomic E-state index is 6.68. The molecule has 4 heterocycles. The van der Waals surface area contributed by atoms with Gasteiger partial charge in [-0.05, 0) is 99.7 Å². The van der Waals surface area contributed by atoms with E-state index in [4.69, 9.17) is 9.72 Å². The summed E-state index contributed by atoms with van der Waals surface area (Å²) in [4.78, 5) is 9.61. The second-order valence-corrected chi connectivity index (χ2v) is 17.6. The van der Waals surface area contributed by atoms with Crippen molar-refractivity contribution in [1.29, 1.82) is 0 Å². The second-order valence-electron chi connectivity index (χ2n) is 17.6. The van der Waals surface area contributed by atoms with Crippen LogP contribution in [0.3, 0.4) is 0 Å². The standard InChI is InChI=1S/C48H50N4O/c1-46(2,3)33-22-23-49-44(29-33)52-41-18-11-10-17-39(41)40-21-20-38(30-42(40)52)53-37-16-14-15-32(25-37)43-31-51(45-19-12-13-24-50(43)45)36-27-34(47(4,5)6)26-35(28-36)48(7,8)9/h10-31,45H,1-9H3. The third-order valence-corrected chi connectivity index (χ3v) is 10.5. The minimum absolute atomic E-state index is 0.00759. The number of ether oxygens (including phenoxy) is 1. The first-order valence-electron chi connectivity index (χ1n) is 18.7. The van der Waals surface area contributed by atoms with Gasteiger partial charge in [-0.25, -0.2) is 4.98 Å². The van der Waals surface area contributed by atoms with E-state index in [1.165, 1.54) is 33.2 Å². The topological polar surface area (TPSA) is 33.5 Å². The van der Waals surface area contributed by atoms with Crippen LogP contribution in [0.25, 0.3) is 33.3 Å². The Balaban J connectivity index is 1.17. The normalized spacial score (nSPS) is 16.1. The fraction of sp³-hybridized carbons (Fsp3) is 0.271. The molecule has 2 aromatic heterocycles. The lowest BCUT2D eigenvalue weighted by Crippen LogP contribution is -2.36. The molecule has 5 heteroatoms. The van der Waals surface area contributed by atoms with Crippen molar-refractivity contribution in [2.75, 3.05) is 4.90 Å². The lowest BCUT2D eigenvalue weighted by molar-refractivity contribution is 0.469. The SMILES string of the molecule is CC(C)(C)c1cc(N2C=C(c3cccc(Oc4ccc5c6ccccc6n(-c6cc(C(C)(C)C)ccn6)c5c4)c3)N3C=CC=CC32)cc(C(C)(C)C)c1. The predicted molar refractivity (Wildman–Crippen MR) is 222 cm³/mol. The van der Waals surface area contributed by atoms with Gasteiger partial charge in [-0.3, -0.25) is 4.57 Å². The van der Waals surface area contributed by atoms with Gasteiger partial charge in [0.05, 0.1) is 16.7 Å². The van der Waals surface area contributed by atoms with Gasteiger partial charge in [-0.1, -0.05) is 105 Å². The Kier molecular flexibility index (Phi) is 8.17. The van der Waals surface area contributed by atoms with Gasteiger partial charge in [0, 0.05) is 46.7 Å². The number of pyridine rings is 1. The van der Waals surface area contributed by atoms with E-state index >= 15 is 0 Å². The van der Waals surface area contributed by atoms with Crippen molar-refractivity contribution in [2.24, 2.45) is 0 Å². The van der Waals surface area contributed by atoms with Crippen LogP contribution >= 0.6 is 0 Å². The van der Waals surface area contributed by atoms with Gasteiger partial charge in [0.25, 0.3) is 0 Å². The number of nitrogens with zero attached hydrogens (tertiary/aromatic N) is 4. The predicted octanol–water partition coefficient (Wildman–Crippen LogP) is 12.4. The number of anilines is 1. The first-order valence-corrected chi connectivity index (χ1v) is 18.7. The minimum atomic E-state index is 0.00759. The van der Waals surface area contributed by atoms with Gasteiger partial charge in [-0.15, -0.1) is 0 Å². The Hall–Kier alpha value is -5.55. The number of aromatic nitrogens is 2. The molecule has 2 aliphatic rings. The number of hydrogen-bond donors (Lipinski definition) is 0. The maximum Gasteiger partial charge on any atom is 0.137 e. The average Bonchev–Trinajstić information content (AvgIpc) is 3.67. The summed E-state index contributed by atoms with van der Waals surface area (Å²) in [6.45, 7) is 20.5. The molecular weight excluding hydrogens is 649 g/mol. The van der Waals surface area contributed by atoms with Crippen molar-refractivity contribution in [2.45, 2.75) is 84.7 Å². The number of para-hydroxylation sites is 1. The molecule has 0 fully saturated rings. The van der Waals surface area contributed by atoms with Crippen LogP contribution in [-0.2, 0) is 16.2 Å². The quantitative estimate of drug-likeness (QED) is 0.179. The smallest absolute Gasteiger partial charge is 0.137 e. The molecule has 0 radical (unpaired) electrons. The van der Waals surface area contributed by atoms with E-state index in [-0.39, 0.29) is 22.4 Å². The summed E-state index contributed by atoms with van der Waals surface area (Å²) in [7, 11) is 0. The summed E-state index contributed by atoms with van der Waals surface area (Å²) in [5, 5.41) is 2.36. The largest absolute Gasteiger partial charge is 0.457 e. The highest BCUT2D eigenvalue weighted by Gasteiger charge is 2.33. The molecule has 8 rings (SSSR count). The van der Waals surface area contributed by atoms with Crippen LogP contribution in [0.15, 0.2) is 134 Å². The number of allylic oxidation sites excluding steroid dienone is 2. The van der Waals surface area contributed by atoms with Crippen LogP contribution in [0.2, 0.25) is 0 Å². The van der Waals surface area contributed by atoms with E-state index in [1.807, 2.05) is 12.3 Å². The van der Waals surface area contributed by atoms with Gasteiger partial charge >= 0.3 is 0 Å². The summed E-state index contributed by atoms with van der Waals surface area (Å²) in [6.07, 6.45) is 13.0. The van der Waals surface area contributed by atoms with Gasteiger partial charge in [0.15, 0.2) is 0 Å². The van der Waals surface area contributed by atoms with E-state index in [2.05, 4.69) is 198 Å². The molecule has 0 aliphatic carbocycles. The Labute approximate surface area is 314 Å². The van der Waals surface area contributed by atoms with E-state index in [9.17, 15) is 0 Å². The fourth-order valence-corrected chi connectivity index (χ4v) is 7.41. The molecule has 53 heavy (non-hydrogen) atoms. The van der Waals surface area contributed by atoms with E-state index in [1.54, 1.807) is 0 Å². The zero-order valence-electron chi connectivity index (χ0n) is 32.5. The van der Waals surface area contributed by atoms with Crippen LogP contribution in [0, 0.1) is 0 Å². The highest BCUT2D eigenvalue weighted by atomic mass is 16.5. The van der Waals surface area contributed by atoms with E-state index in [0.717, 1.165) is 39.6 Å². The third-order valence-electron chi connectivity index (χ3n) is 10.5. The number of hydrogen-bond acceptors (Lipinski definition) is 4. The Morgan fingerprint density at radius 2 is 1.28 bits per heavy atom. The number of rotatable bonds is 5. The Morgan fingerprint density at radius 1 is 0.585 bits per heavy atom. The molecule has 0 saturated heterocycles. The molecule has 0 bridgehead atoms. The van der Waals surface area contributed by atoms with E-state index in [0.29, 0.717) is 0 Å². The lowest BCUT2D eigenvalue weighted by Gasteiger charge is -2.33. The van der Waals surface area contributed by atoms with Gasteiger partial charge in [-0.2, -0.15) is 0 Å². The number of benzene rings is 4. The van der Waals surface area contributed by atoms with Crippen molar-refractivity contribution in [1.82, 2.24) is 14.5 Å². The highest BCUT2D eigenvalue weighted by Crippen LogP contribution is 2.41. The number of fused-ring (bicyclic) bond motifs is 4. The fourth-order valence-electron chi connectivity index (χ4n) is 7.41. The molecule has 1 atom stereocenters. The van der Waals surface area contributed by atoms with Gasteiger partial charge in [0.2, 0.25) is 0 Å². The minimum Gasteiger partial charge on any atom is -0.457 e. The summed E-state index contributed by atoms with van der Waals surface area (Å²) >= 11 is 0. The third kappa shape index (κ3) is 6.43. The highest BCUT2D eigenvalue weighted by molar-refractivity contribution is 6.09. The van der Waals surface area contributed by atoms with Gasteiger partial charge in [0.1, 0.15) is 23.5 Å². The first-order chi connectivity index (χ1) is 25.1. The van der Waals surface area contributed by atoms with Crippen LogP contribution in [0.5, 0.6) is 11.5 Å².